The van der Waals surface area contributed by atoms with Gasteiger partial charge in [0.25, 0.3) is 0 Å². The molecule has 0 amide bonds. The second-order valence-electron chi connectivity index (χ2n) is 4.01. The van der Waals surface area contributed by atoms with E-state index in [2.05, 4.69) is 23.9 Å². The lowest BCUT2D eigenvalue weighted by molar-refractivity contribution is 0.136. The van der Waals surface area contributed by atoms with Gasteiger partial charge in [0.05, 0.1) is 6.10 Å². The largest absolute Gasteiger partial charge is 0.392 e. The van der Waals surface area contributed by atoms with Crippen LogP contribution in [0.4, 0.5) is 0 Å². The molecule has 1 aliphatic rings. The van der Waals surface area contributed by atoms with Crippen LogP contribution < -0.4 is 0 Å². The highest BCUT2D eigenvalue weighted by Crippen LogP contribution is 2.12. The minimum Gasteiger partial charge on any atom is -0.392 e. The fraction of sp³-hybridized carbons (Fsp3) is 1.00. The van der Waals surface area contributed by atoms with Crippen LogP contribution in [0.5, 0.6) is 0 Å². The van der Waals surface area contributed by atoms with Gasteiger partial charge in [0.1, 0.15) is 0 Å². The maximum atomic E-state index is 9.18. The zero-order chi connectivity index (χ0) is 9.14. The molecule has 1 unspecified atom stereocenters. The summed E-state index contributed by atoms with van der Waals surface area (Å²) in [5.74, 6) is 0. The van der Waals surface area contributed by atoms with E-state index in [0.29, 0.717) is 6.04 Å². The van der Waals surface area contributed by atoms with Crippen LogP contribution in [0.2, 0.25) is 0 Å². The first-order valence-electron chi connectivity index (χ1n) is 4.66. The predicted octanol–water partition coefficient (Wildman–Crippen LogP) is 0.00310. The van der Waals surface area contributed by atoms with Crippen LogP contribution >= 0.6 is 0 Å². The van der Waals surface area contributed by atoms with Gasteiger partial charge in [-0.2, -0.15) is 0 Å². The van der Waals surface area contributed by atoms with Gasteiger partial charge >= 0.3 is 0 Å². The molecule has 3 nitrogen and oxygen atoms in total. The Bertz CT molecular complexity index is 136. The molecule has 3 heteroatoms. The van der Waals surface area contributed by atoms with E-state index in [1.54, 1.807) is 0 Å². The van der Waals surface area contributed by atoms with Gasteiger partial charge in [-0.1, -0.05) is 0 Å². The van der Waals surface area contributed by atoms with E-state index >= 15 is 0 Å². The fourth-order valence-electron chi connectivity index (χ4n) is 1.77. The van der Waals surface area contributed by atoms with Crippen molar-refractivity contribution in [1.29, 1.82) is 0 Å². The Hall–Kier alpha value is -0.120. The van der Waals surface area contributed by atoms with Gasteiger partial charge in [0.2, 0.25) is 0 Å². The fourth-order valence-corrected chi connectivity index (χ4v) is 1.77. The van der Waals surface area contributed by atoms with Crippen LogP contribution in [-0.4, -0.2) is 60.8 Å². The second kappa shape index (κ2) is 4.21. The summed E-state index contributed by atoms with van der Waals surface area (Å²) in [6.45, 7) is 4.92. The molecule has 0 bridgehead atoms. The van der Waals surface area contributed by atoms with Gasteiger partial charge in [0.15, 0.2) is 0 Å². The highest BCUT2D eigenvalue weighted by Gasteiger charge is 2.23. The molecule has 2 atom stereocenters. The standard InChI is InChI=1S/C9H20N2O/c1-8(12)6-11-5-4-9(7-11)10(2)3/h8-9,12H,4-7H2,1-3H3/t8-,9?/m1/s1. The Morgan fingerprint density at radius 2 is 2.25 bits per heavy atom. The average molecular weight is 172 g/mol. The van der Waals surface area contributed by atoms with Crippen molar-refractivity contribution in [2.24, 2.45) is 0 Å². The van der Waals surface area contributed by atoms with Crippen molar-refractivity contribution in [3.05, 3.63) is 0 Å². The van der Waals surface area contributed by atoms with E-state index in [0.717, 1.165) is 19.6 Å². The number of rotatable bonds is 3. The summed E-state index contributed by atoms with van der Waals surface area (Å²) in [5.41, 5.74) is 0. The number of aliphatic hydroxyl groups is 1. The van der Waals surface area contributed by atoms with Crippen molar-refractivity contribution in [1.82, 2.24) is 9.80 Å². The monoisotopic (exact) mass is 172 g/mol. The van der Waals surface area contributed by atoms with Gasteiger partial charge in [0, 0.05) is 19.1 Å². The molecule has 1 aliphatic heterocycles. The van der Waals surface area contributed by atoms with E-state index in [4.69, 9.17) is 0 Å². The molecule has 1 rings (SSSR count). The van der Waals surface area contributed by atoms with Gasteiger partial charge in [-0.15, -0.1) is 0 Å². The Kier molecular flexibility index (Phi) is 3.50. The molecule has 0 radical (unpaired) electrons. The third-order valence-electron chi connectivity index (χ3n) is 2.50. The Morgan fingerprint density at radius 1 is 1.58 bits per heavy atom. The molecule has 12 heavy (non-hydrogen) atoms. The Balaban J connectivity index is 2.26. The van der Waals surface area contributed by atoms with Gasteiger partial charge < -0.3 is 10.0 Å². The molecule has 0 aromatic rings. The maximum Gasteiger partial charge on any atom is 0.0639 e. The Morgan fingerprint density at radius 3 is 2.67 bits per heavy atom. The van der Waals surface area contributed by atoms with Crippen molar-refractivity contribution in [2.75, 3.05) is 33.7 Å². The van der Waals surface area contributed by atoms with Gasteiger partial charge in [-0.3, -0.25) is 4.90 Å². The molecule has 72 valence electrons. The number of β-amino-alcohol motifs (C(OH)–C–C–N with tert-alkyl or cyclic N) is 1. The molecule has 1 N–H and O–H groups in total. The summed E-state index contributed by atoms with van der Waals surface area (Å²) in [6, 6.07) is 0.684. The second-order valence-corrected chi connectivity index (χ2v) is 4.01. The van der Waals surface area contributed by atoms with Crippen LogP contribution in [0, 0.1) is 0 Å². The van der Waals surface area contributed by atoms with Gasteiger partial charge in [-0.05, 0) is 34.0 Å². The first-order valence-corrected chi connectivity index (χ1v) is 4.66. The lowest BCUT2D eigenvalue weighted by atomic mass is 10.2. The average Bonchev–Trinajstić information content (AvgIpc) is 2.34. The third kappa shape index (κ3) is 2.73. The molecule has 0 spiro atoms. The zero-order valence-electron chi connectivity index (χ0n) is 8.32. The number of likely N-dealkylation sites (tertiary alicyclic amines) is 1. The summed E-state index contributed by atoms with van der Waals surface area (Å²) < 4.78 is 0. The number of likely N-dealkylation sites (N-methyl/N-ethyl adjacent to an activating group) is 1. The van der Waals surface area contributed by atoms with E-state index in [1.807, 2.05) is 6.92 Å². The molecule has 0 aliphatic carbocycles. The summed E-state index contributed by atoms with van der Waals surface area (Å²) >= 11 is 0. The number of nitrogens with zero attached hydrogens (tertiary/aromatic N) is 2. The van der Waals surface area contributed by atoms with Crippen molar-refractivity contribution in [2.45, 2.75) is 25.5 Å². The Labute approximate surface area is 75.0 Å². The topological polar surface area (TPSA) is 26.7 Å². The molecule has 0 aromatic carbocycles. The summed E-state index contributed by atoms with van der Waals surface area (Å²) in [7, 11) is 4.24. The van der Waals surface area contributed by atoms with Crippen LogP contribution in [0.25, 0.3) is 0 Å². The zero-order valence-corrected chi connectivity index (χ0v) is 8.32. The first-order chi connectivity index (χ1) is 5.59. The lowest BCUT2D eigenvalue weighted by Crippen LogP contribution is -2.34. The normalized spacial score (nSPS) is 28.2. The molecular weight excluding hydrogens is 152 g/mol. The van der Waals surface area contributed by atoms with Crippen LogP contribution in [0.1, 0.15) is 13.3 Å². The maximum absolute atomic E-state index is 9.18. The van der Waals surface area contributed by atoms with E-state index in [-0.39, 0.29) is 6.10 Å². The number of hydrogen-bond acceptors (Lipinski definition) is 3. The molecule has 0 saturated carbocycles. The van der Waals surface area contributed by atoms with Crippen molar-refractivity contribution >= 4 is 0 Å². The first kappa shape index (κ1) is 9.96. The lowest BCUT2D eigenvalue weighted by Gasteiger charge is -2.21. The molecular formula is C9H20N2O. The number of hydrogen-bond donors (Lipinski definition) is 1. The molecule has 1 fully saturated rings. The quantitative estimate of drug-likeness (QED) is 0.649. The van der Waals surface area contributed by atoms with Gasteiger partial charge in [-0.25, -0.2) is 0 Å². The van der Waals surface area contributed by atoms with Crippen molar-refractivity contribution in [3.8, 4) is 0 Å². The van der Waals surface area contributed by atoms with Crippen LogP contribution in [0.3, 0.4) is 0 Å². The predicted molar refractivity (Wildman–Crippen MR) is 50.2 cm³/mol. The smallest absolute Gasteiger partial charge is 0.0639 e. The highest BCUT2D eigenvalue weighted by molar-refractivity contribution is 4.81. The van der Waals surface area contributed by atoms with E-state index in [9.17, 15) is 5.11 Å². The third-order valence-corrected chi connectivity index (χ3v) is 2.50. The minimum atomic E-state index is -0.189. The summed E-state index contributed by atoms with van der Waals surface area (Å²) in [5, 5.41) is 9.18. The SMILES string of the molecule is C[C@@H](O)CN1CCC(N(C)C)C1. The van der Waals surface area contributed by atoms with Crippen molar-refractivity contribution < 1.29 is 5.11 Å². The summed E-state index contributed by atoms with van der Waals surface area (Å²) in [6.07, 6.45) is 1.05. The summed E-state index contributed by atoms with van der Waals surface area (Å²) in [4.78, 5) is 4.59. The molecule has 1 saturated heterocycles. The van der Waals surface area contributed by atoms with Crippen molar-refractivity contribution in [3.63, 3.8) is 0 Å². The highest BCUT2D eigenvalue weighted by atomic mass is 16.3. The molecule has 1 heterocycles. The van der Waals surface area contributed by atoms with E-state index in [1.165, 1.54) is 6.42 Å². The molecule has 0 aromatic heterocycles. The minimum absolute atomic E-state index is 0.189. The van der Waals surface area contributed by atoms with Crippen LogP contribution in [0.15, 0.2) is 0 Å². The van der Waals surface area contributed by atoms with E-state index < -0.39 is 0 Å². The number of aliphatic hydroxyl groups excluding tert-OH is 1. The van der Waals surface area contributed by atoms with Crippen LogP contribution in [-0.2, 0) is 0 Å².